The van der Waals surface area contributed by atoms with Gasteiger partial charge in [-0.25, -0.2) is 4.68 Å². The molecule has 0 aliphatic rings. The number of nitro groups is 1. The lowest BCUT2D eigenvalue weighted by atomic mass is 10.0. The van der Waals surface area contributed by atoms with E-state index in [1.165, 1.54) is 48.0 Å². The summed E-state index contributed by atoms with van der Waals surface area (Å²) in [7, 11) is -4.31. The minimum atomic E-state index is -4.31. The molecule has 0 bridgehead atoms. The summed E-state index contributed by atoms with van der Waals surface area (Å²) >= 11 is 5.85. The highest BCUT2D eigenvalue weighted by Crippen LogP contribution is 2.32. The minimum Gasteiger partial charge on any atom is -0.358 e. The highest BCUT2D eigenvalue weighted by molar-refractivity contribution is 7.87. The Morgan fingerprint density at radius 1 is 1.25 bits per heavy atom. The van der Waals surface area contributed by atoms with Crippen LogP contribution in [0.3, 0.4) is 0 Å². The van der Waals surface area contributed by atoms with E-state index < -0.39 is 26.5 Å². The van der Waals surface area contributed by atoms with Crippen LogP contribution < -0.4 is 4.18 Å². The zero-order valence-electron chi connectivity index (χ0n) is 17.1. The summed E-state index contributed by atoms with van der Waals surface area (Å²) in [6.45, 7) is 3.37. The smallest absolute Gasteiger partial charge is 0.340 e. The summed E-state index contributed by atoms with van der Waals surface area (Å²) in [5, 5.41) is 15.8. The van der Waals surface area contributed by atoms with Crippen molar-refractivity contribution in [1.29, 1.82) is 0 Å². The van der Waals surface area contributed by atoms with Crippen LogP contribution in [-0.2, 0) is 16.7 Å². The first kappa shape index (κ1) is 23.2. The molecule has 166 valence electrons. The Balaban J connectivity index is 2.18. The lowest BCUT2D eigenvalue weighted by Crippen LogP contribution is -2.16. The van der Waals surface area contributed by atoms with Gasteiger partial charge in [0.15, 0.2) is 0 Å². The summed E-state index contributed by atoms with van der Waals surface area (Å²) in [4.78, 5) is 24.0. The quantitative estimate of drug-likeness (QED) is 0.156. The van der Waals surface area contributed by atoms with Gasteiger partial charge in [0.25, 0.3) is 5.69 Å². The lowest BCUT2D eigenvalue weighted by molar-refractivity contribution is -0.385. The number of halogens is 1. The first-order valence-electron chi connectivity index (χ1n) is 9.32. The summed E-state index contributed by atoms with van der Waals surface area (Å²) in [6, 6.07) is 11.0. The number of rotatable bonds is 8. The summed E-state index contributed by atoms with van der Waals surface area (Å²) in [5.74, 6) is -1.14. The molecule has 0 saturated heterocycles. The van der Waals surface area contributed by atoms with Crippen molar-refractivity contribution >= 4 is 33.2 Å². The number of carbonyl (C=O) groups is 1. The number of hydrogen-bond donors (Lipinski definition) is 0. The van der Waals surface area contributed by atoms with Crippen LogP contribution in [0.4, 0.5) is 5.69 Å². The second kappa shape index (κ2) is 9.33. The van der Waals surface area contributed by atoms with E-state index in [2.05, 4.69) is 5.10 Å². The second-order valence-corrected chi connectivity index (χ2v) is 8.60. The Bertz CT molecular complexity index is 1320. The summed E-state index contributed by atoms with van der Waals surface area (Å²) in [5.41, 5.74) is -0.823. The number of carbonyl (C=O) groups excluding carboxylic acids is 1. The highest BCUT2D eigenvalue weighted by Gasteiger charge is 2.32. The van der Waals surface area contributed by atoms with E-state index in [4.69, 9.17) is 15.8 Å². The molecule has 0 unspecified atom stereocenters. The molecule has 1 heterocycles. The fourth-order valence-corrected chi connectivity index (χ4v) is 4.09. The van der Waals surface area contributed by atoms with Crippen molar-refractivity contribution in [3.8, 4) is 5.88 Å². The summed E-state index contributed by atoms with van der Waals surface area (Å²) in [6.07, 6.45) is 3.41. The number of nitro benzene ring substituents is 1. The Labute approximate surface area is 189 Å². The van der Waals surface area contributed by atoms with Crippen molar-refractivity contribution in [3.05, 3.63) is 92.6 Å². The molecule has 32 heavy (non-hydrogen) atoms. The van der Waals surface area contributed by atoms with Gasteiger partial charge < -0.3 is 4.18 Å². The predicted octanol–water partition coefficient (Wildman–Crippen LogP) is 4.33. The van der Waals surface area contributed by atoms with Crippen LogP contribution in [-0.4, -0.2) is 28.9 Å². The third-order valence-electron chi connectivity index (χ3n) is 4.44. The Morgan fingerprint density at radius 2 is 1.94 bits per heavy atom. The van der Waals surface area contributed by atoms with E-state index in [9.17, 15) is 23.3 Å². The lowest BCUT2D eigenvalue weighted by Gasteiger charge is -2.11. The van der Waals surface area contributed by atoms with Gasteiger partial charge in [0.1, 0.15) is 16.0 Å². The van der Waals surface area contributed by atoms with Crippen molar-refractivity contribution in [2.75, 3.05) is 0 Å². The van der Waals surface area contributed by atoms with Gasteiger partial charge in [-0.05, 0) is 38.1 Å². The van der Waals surface area contributed by atoms with Crippen LogP contribution in [0.15, 0.2) is 65.6 Å². The van der Waals surface area contributed by atoms with Gasteiger partial charge >= 0.3 is 10.1 Å². The Kier molecular flexibility index (Phi) is 6.75. The molecule has 0 spiro atoms. The molecular weight excluding hydrogens is 458 g/mol. The molecule has 0 fully saturated rings. The van der Waals surface area contributed by atoms with Gasteiger partial charge in [-0.3, -0.25) is 14.9 Å². The van der Waals surface area contributed by atoms with Gasteiger partial charge in [-0.15, -0.1) is 0 Å². The molecule has 0 radical (unpaired) electrons. The van der Waals surface area contributed by atoms with Crippen molar-refractivity contribution in [2.45, 2.75) is 25.3 Å². The maximum Gasteiger partial charge on any atom is 0.340 e. The van der Waals surface area contributed by atoms with E-state index >= 15 is 0 Å². The second-order valence-electron chi connectivity index (χ2n) is 6.61. The van der Waals surface area contributed by atoms with Crippen molar-refractivity contribution < 1.29 is 22.3 Å². The molecule has 1 aromatic heterocycles. The molecule has 3 aromatic rings. The maximum absolute atomic E-state index is 13.3. The number of hydrogen-bond acceptors (Lipinski definition) is 7. The molecule has 9 nitrogen and oxygen atoms in total. The molecule has 0 N–H and O–H groups in total. The standard InChI is InChI=1S/C21H18ClN3O6S/c1-3-4-12-24-21(31-32(29,30)16-8-6-5-7-9-16)19(14(2)23-24)20(26)17-11-10-15(22)13-18(17)25(27)28/h3-11,13H,12H2,1-2H3. The Hall–Kier alpha value is -3.50. The molecule has 3 rings (SSSR count). The molecule has 0 aliphatic carbocycles. The molecule has 0 atom stereocenters. The van der Waals surface area contributed by atoms with E-state index in [0.29, 0.717) is 0 Å². The van der Waals surface area contributed by atoms with Gasteiger partial charge in [0.2, 0.25) is 11.7 Å². The van der Waals surface area contributed by atoms with Gasteiger partial charge in [-0.1, -0.05) is 42.0 Å². The average molecular weight is 476 g/mol. The Morgan fingerprint density at radius 3 is 2.56 bits per heavy atom. The molecule has 11 heteroatoms. The van der Waals surface area contributed by atoms with Crippen LogP contribution in [0, 0.1) is 17.0 Å². The SMILES string of the molecule is CC=CCn1nc(C)c(C(=O)c2ccc(Cl)cc2[N+](=O)[O-])c1OS(=O)(=O)c1ccccc1. The van der Waals surface area contributed by atoms with Crippen LogP contribution in [0.1, 0.15) is 28.5 Å². The van der Waals surface area contributed by atoms with Gasteiger partial charge in [-0.2, -0.15) is 13.5 Å². The number of ketones is 1. The molecule has 0 saturated carbocycles. The number of allylic oxidation sites excluding steroid dienone is 2. The van der Waals surface area contributed by atoms with Gasteiger partial charge in [0, 0.05) is 11.1 Å². The predicted molar refractivity (Wildman–Crippen MR) is 118 cm³/mol. The first-order chi connectivity index (χ1) is 15.2. The minimum absolute atomic E-state index is 0.0804. The third kappa shape index (κ3) is 4.71. The van der Waals surface area contributed by atoms with Crippen molar-refractivity contribution in [3.63, 3.8) is 0 Å². The fourth-order valence-electron chi connectivity index (χ4n) is 2.96. The third-order valence-corrected chi connectivity index (χ3v) is 5.91. The number of nitrogens with zero attached hydrogens (tertiary/aromatic N) is 3. The molecule has 2 aromatic carbocycles. The zero-order chi connectivity index (χ0) is 23.5. The molecule has 0 aliphatic heterocycles. The van der Waals surface area contributed by atoms with Crippen LogP contribution >= 0.6 is 11.6 Å². The average Bonchev–Trinajstić information content (AvgIpc) is 3.06. The number of aryl methyl sites for hydroxylation is 1. The normalized spacial score (nSPS) is 11.6. The zero-order valence-corrected chi connectivity index (χ0v) is 18.6. The van der Waals surface area contributed by atoms with Crippen molar-refractivity contribution in [1.82, 2.24) is 9.78 Å². The highest BCUT2D eigenvalue weighted by atomic mass is 35.5. The number of aromatic nitrogens is 2. The molecular formula is C21H18ClN3O6S. The van der Waals surface area contributed by atoms with E-state index in [0.717, 1.165) is 6.07 Å². The van der Waals surface area contributed by atoms with E-state index in [1.807, 2.05) is 0 Å². The van der Waals surface area contributed by atoms with E-state index in [1.54, 1.807) is 25.1 Å². The maximum atomic E-state index is 13.3. The fraction of sp³-hybridized carbons (Fsp3) is 0.143. The topological polar surface area (TPSA) is 121 Å². The van der Waals surface area contributed by atoms with Crippen molar-refractivity contribution in [2.24, 2.45) is 0 Å². The summed E-state index contributed by atoms with van der Waals surface area (Å²) < 4.78 is 32.3. The number of benzene rings is 2. The first-order valence-corrected chi connectivity index (χ1v) is 11.1. The van der Waals surface area contributed by atoms with Gasteiger partial charge in [0.05, 0.1) is 17.2 Å². The van der Waals surface area contributed by atoms with Crippen LogP contribution in [0.2, 0.25) is 5.02 Å². The molecule has 0 amide bonds. The van der Waals surface area contributed by atoms with Crippen LogP contribution in [0.5, 0.6) is 5.88 Å². The largest absolute Gasteiger partial charge is 0.358 e. The monoisotopic (exact) mass is 475 g/mol. The van der Waals surface area contributed by atoms with E-state index in [-0.39, 0.29) is 39.2 Å². The van der Waals surface area contributed by atoms with Crippen LogP contribution in [0.25, 0.3) is 0 Å².